The lowest BCUT2D eigenvalue weighted by Crippen LogP contribution is -2.24. The van der Waals surface area contributed by atoms with Crippen LogP contribution in [0.15, 0.2) is 27.2 Å². The Balaban J connectivity index is 2.12. The summed E-state index contributed by atoms with van der Waals surface area (Å²) in [7, 11) is 0. The number of benzene rings is 1. The summed E-state index contributed by atoms with van der Waals surface area (Å²) in [6, 6.07) is 6.11. The van der Waals surface area contributed by atoms with Gasteiger partial charge >= 0.3 is 0 Å². The maximum absolute atomic E-state index is 6.07. The van der Waals surface area contributed by atoms with E-state index in [-0.39, 0.29) is 6.04 Å². The highest BCUT2D eigenvalue weighted by atomic mass is 79.9. The number of hydrogen-bond acceptors (Lipinski definition) is 4. The number of nitrogens with two attached hydrogens (primary N) is 1. The molecule has 0 aliphatic carbocycles. The molecule has 0 saturated heterocycles. The molecule has 0 fully saturated rings. The van der Waals surface area contributed by atoms with Crippen molar-refractivity contribution in [2.75, 3.05) is 0 Å². The second-order valence-corrected chi connectivity index (χ2v) is 6.44. The van der Waals surface area contributed by atoms with Crippen LogP contribution < -0.4 is 5.73 Å². The van der Waals surface area contributed by atoms with Crippen molar-refractivity contribution in [3.63, 3.8) is 0 Å². The fraction of sp³-hybridized carbons (Fsp3) is 0.467. The first kappa shape index (κ1) is 15.2. The molecule has 0 saturated carbocycles. The van der Waals surface area contributed by atoms with Crippen LogP contribution in [0.5, 0.6) is 0 Å². The Morgan fingerprint density at radius 2 is 2.10 bits per heavy atom. The summed E-state index contributed by atoms with van der Waals surface area (Å²) >= 11 is 3.53. The minimum absolute atomic E-state index is 0.0600. The van der Waals surface area contributed by atoms with Gasteiger partial charge in [0, 0.05) is 22.5 Å². The molecule has 4 nitrogen and oxygen atoms in total. The molecule has 5 heteroatoms. The maximum Gasteiger partial charge on any atom is 0.228 e. The van der Waals surface area contributed by atoms with Crippen molar-refractivity contribution in [1.82, 2.24) is 10.1 Å². The standard InChI is InChI=1S/C15H20BrN3O/c1-9(2)6-11(17)8-14-18-15(19-20-14)12-5-4-10(3)7-13(12)16/h4-5,7,9,11H,6,8,17H2,1-3H3. The van der Waals surface area contributed by atoms with Crippen molar-refractivity contribution < 1.29 is 4.52 Å². The average Bonchev–Trinajstić information content (AvgIpc) is 2.75. The molecule has 20 heavy (non-hydrogen) atoms. The molecule has 1 unspecified atom stereocenters. The van der Waals surface area contributed by atoms with E-state index < -0.39 is 0 Å². The van der Waals surface area contributed by atoms with Crippen molar-refractivity contribution in [1.29, 1.82) is 0 Å². The van der Waals surface area contributed by atoms with E-state index in [1.807, 2.05) is 25.1 Å². The van der Waals surface area contributed by atoms with Crippen LogP contribution in [0.1, 0.15) is 31.7 Å². The normalized spacial score (nSPS) is 12.9. The van der Waals surface area contributed by atoms with Gasteiger partial charge in [-0.05, 0) is 37.0 Å². The summed E-state index contributed by atoms with van der Waals surface area (Å²) < 4.78 is 6.26. The molecule has 0 aliphatic rings. The molecule has 1 atom stereocenters. The van der Waals surface area contributed by atoms with Gasteiger partial charge in [0.05, 0.1) is 0 Å². The summed E-state index contributed by atoms with van der Waals surface area (Å²) in [5.41, 5.74) is 8.18. The Labute approximate surface area is 127 Å². The highest BCUT2D eigenvalue weighted by Gasteiger charge is 2.15. The highest BCUT2D eigenvalue weighted by Crippen LogP contribution is 2.27. The Morgan fingerprint density at radius 1 is 1.35 bits per heavy atom. The van der Waals surface area contributed by atoms with E-state index in [0.29, 0.717) is 24.1 Å². The van der Waals surface area contributed by atoms with Gasteiger partial charge in [-0.3, -0.25) is 0 Å². The Morgan fingerprint density at radius 3 is 2.75 bits per heavy atom. The van der Waals surface area contributed by atoms with Crippen LogP contribution in [0.4, 0.5) is 0 Å². The fourth-order valence-corrected chi connectivity index (χ4v) is 2.83. The fourth-order valence-electron chi connectivity index (χ4n) is 2.16. The largest absolute Gasteiger partial charge is 0.339 e. The Hall–Kier alpha value is -1.20. The number of hydrogen-bond donors (Lipinski definition) is 1. The van der Waals surface area contributed by atoms with Crippen LogP contribution in [-0.4, -0.2) is 16.2 Å². The van der Waals surface area contributed by atoms with Gasteiger partial charge in [-0.15, -0.1) is 0 Å². The molecule has 2 N–H and O–H groups in total. The summed E-state index contributed by atoms with van der Waals surface area (Å²) in [5.74, 6) is 1.77. The highest BCUT2D eigenvalue weighted by molar-refractivity contribution is 9.10. The third-order valence-electron chi connectivity index (χ3n) is 3.04. The third kappa shape index (κ3) is 3.90. The van der Waals surface area contributed by atoms with Crippen molar-refractivity contribution in [3.8, 4) is 11.4 Å². The quantitative estimate of drug-likeness (QED) is 0.902. The predicted octanol–water partition coefficient (Wildman–Crippen LogP) is 3.72. The SMILES string of the molecule is Cc1ccc(-c2noc(CC(N)CC(C)C)n2)c(Br)c1. The van der Waals surface area contributed by atoms with Gasteiger partial charge in [0.25, 0.3) is 0 Å². The first-order chi connectivity index (χ1) is 9.45. The van der Waals surface area contributed by atoms with Gasteiger partial charge in [-0.1, -0.05) is 41.0 Å². The molecule has 0 amide bonds. The molecule has 0 radical (unpaired) electrons. The average molecular weight is 338 g/mol. The van der Waals surface area contributed by atoms with Crippen LogP contribution >= 0.6 is 15.9 Å². The summed E-state index contributed by atoms with van der Waals surface area (Å²) in [4.78, 5) is 4.43. The molecule has 2 aromatic rings. The van der Waals surface area contributed by atoms with Crippen LogP contribution in [0.3, 0.4) is 0 Å². The lowest BCUT2D eigenvalue weighted by molar-refractivity contribution is 0.359. The van der Waals surface area contributed by atoms with E-state index in [9.17, 15) is 0 Å². The van der Waals surface area contributed by atoms with Crippen LogP contribution in [-0.2, 0) is 6.42 Å². The summed E-state index contributed by atoms with van der Waals surface area (Å²) in [6.45, 7) is 6.35. The first-order valence-corrected chi connectivity index (χ1v) is 7.59. The molecule has 1 heterocycles. The van der Waals surface area contributed by atoms with Crippen LogP contribution in [0, 0.1) is 12.8 Å². The molecular formula is C15H20BrN3O. The zero-order valence-electron chi connectivity index (χ0n) is 12.1. The summed E-state index contributed by atoms with van der Waals surface area (Å²) in [6.07, 6.45) is 1.57. The number of aryl methyl sites for hydroxylation is 1. The van der Waals surface area contributed by atoms with E-state index in [2.05, 4.69) is 39.9 Å². The molecular weight excluding hydrogens is 318 g/mol. The van der Waals surface area contributed by atoms with E-state index in [1.165, 1.54) is 5.56 Å². The maximum atomic E-state index is 6.07. The van der Waals surface area contributed by atoms with Gasteiger partial charge in [0.2, 0.25) is 11.7 Å². The molecule has 2 rings (SSSR count). The Bertz CT molecular complexity index is 580. The minimum atomic E-state index is 0.0600. The lowest BCUT2D eigenvalue weighted by atomic mass is 10.0. The van der Waals surface area contributed by atoms with Gasteiger partial charge < -0.3 is 10.3 Å². The Kier molecular flexibility index (Phi) is 4.94. The van der Waals surface area contributed by atoms with Crippen molar-refractivity contribution in [2.45, 2.75) is 39.7 Å². The van der Waals surface area contributed by atoms with Crippen LogP contribution in [0.25, 0.3) is 11.4 Å². The molecule has 0 aliphatic heterocycles. The van der Waals surface area contributed by atoms with Crippen LogP contribution in [0.2, 0.25) is 0 Å². The monoisotopic (exact) mass is 337 g/mol. The van der Waals surface area contributed by atoms with Crippen molar-refractivity contribution in [3.05, 3.63) is 34.1 Å². The van der Waals surface area contributed by atoms with E-state index in [4.69, 9.17) is 10.3 Å². The second kappa shape index (κ2) is 6.50. The van der Waals surface area contributed by atoms with Gasteiger partial charge in [0.15, 0.2) is 0 Å². The van der Waals surface area contributed by atoms with E-state index in [1.54, 1.807) is 0 Å². The smallest absolute Gasteiger partial charge is 0.228 e. The van der Waals surface area contributed by atoms with Crippen molar-refractivity contribution in [2.24, 2.45) is 11.7 Å². The zero-order valence-corrected chi connectivity index (χ0v) is 13.6. The van der Waals surface area contributed by atoms with Gasteiger partial charge in [0.1, 0.15) is 0 Å². The van der Waals surface area contributed by atoms with Gasteiger partial charge in [-0.25, -0.2) is 0 Å². The molecule has 0 spiro atoms. The topological polar surface area (TPSA) is 64.9 Å². The third-order valence-corrected chi connectivity index (χ3v) is 3.70. The van der Waals surface area contributed by atoms with E-state index >= 15 is 0 Å². The van der Waals surface area contributed by atoms with E-state index in [0.717, 1.165) is 16.5 Å². The number of aromatic nitrogens is 2. The number of rotatable bonds is 5. The summed E-state index contributed by atoms with van der Waals surface area (Å²) in [5, 5.41) is 4.04. The molecule has 1 aromatic carbocycles. The molecule has 1 aromatic heterocycles. The van der Waals surface area contributed by atoms with Crippen molar-refractivity contribution >= 4 is 15.9 Å². The molecule has 0 bridgehead atoms. The zero-order chi connectivity index (χ0) is 14.7. The molecule has 108 valence electrons. The first-order valence-electron chi connectivity index (χ1n) is 6.80. The predicted molar refractivity (Wildman–Crippen MR) is 83.3 cm³/mol. The second-order valence-electron chi connectivity index (χ2n) is 5.59. The number of halogens is 1. The van der Waals surface area contributed by atoms with Gasteiger partial charge in [-0.2, -0.15) is 4.98 Å². The minimum Gasteiger partial charge on any atom is -0.339 e. The number of nitrogens with zero attached hydrogens (tertiary/aromatic N) is 2. The lowest BCUT2D eigenvalue weighted by Gasteiger charge is -2.10.